The minimum atomic E-state index is -4.85. The van der Waals surface area contributed by atoms with Crippen LogP contribution in [0.3, 0.4) is 0 Å². The van der Waals surface area contributed by atoms with Gasteiger partial charge in [-0.3, -0.25) is 9.59 Å². The lowest BCUT2D eigenvalue weighted by Gasteiger charge is -2.21. The van der Waals surface area contributed by atoms with Crippen LogP contribution in [-0.4, -0.2) is 39.4 Å². The molecule has 0 heterocycles. The van der Waals surface area contributed by atoms with Crippen LogP contribution in [0, 0.1) is 5.92 Å². The summed E-state index contributed by atoms with van der Waals surface area (Å²) >= 11 is 0. The largest absolute Gasteiger partial charge is 0.417 e. The van der Waals surface area contributed by atoms with E-state index in [1.807, 2.05) is 4.72 Å². The third kappa shape index (κ3) is 6.69. The van der Waals surface area contributed by atoms with Crippen molar-refractivity contribution in [2.24, 2.45) is 5.92 Å². The fraction of sp³-hybridized carbons (Fsp3) is 0.579. The van der Waals surface area contributed by atoms with Crippen molar-refractivity contribution in [2.45, 2.75) is 56.1 Å². The lowest BCUT2D eigenvalue weighted by Crippen LogP contribution is -2.47. The number of halogens is 3. The van der Waals surface area contributed by atoms with Crippen molar-refractivity contribution in [3.63, 3.8) is 0 Å². The van der Waals surface area contributed by atoms with E-state index >= 15 is 0 Å². The van der Waals surface area contributed by atoms with Crippen LogP contribution in [0.5, 0.6) is 0 Å². The first kappa shape index (κ1) is 24.1. The summed E-state index contributed by atoms with van der Waals surface area (Å²) in [5.41, 5.74) is -1.31. The van der Waals surface area contributed by atoms with Crippen LogP contribution in [0.2, 0.25) is 0 Å². The summed E-state index contributed by atoms with van der Waals surface area (Å²) in [6.45, 7) is 1.48. The molecule has 30 heavy (non-hydrogen) atoms. The Bertz CT molecular complexity index is 853. The predicted molar refractivity (Wildman–Crippen MR) is 104 cm³/mol. The molecule has 1 aromatic carbocycles. The maximum Gasteiger partial charge on any atom is 0.417 e. The Balaban J connectivity index is 1.86. The third-order valence-corrected chi connectivity index (χ3v) is 6.51. The van der Waals surface area contributed by atoms with Gasteiger partial charge in [0.05, 0.1) is 16.5 Å². The number of benzene rings is 1. The Morgan fingerprint density at radius 1 is 1.07 bits per heavy atom. The van der Waals surface area contributed by atoms with Crippen LogP contribution in [-0.2, 0) is 25.8 Å². The smallest absolute Gasteiger partial charge is 0.354 e. The second-order valence-electron chi connectivity index (χ2n) is 7.25. The van der Waals surface area contributed by atoms with Gasteiger partial charge in [-0.15, -0.1) is 0 Å². The number of hydrogen-bond acceptors (Lipinski definition) is 4. The van der Waals surface area contributed by atoms with Gasteiger partial charge in [0.15, 0.2) is 0 Å². The molecule has 0 aliphatic heterocycles. The molecule has 1 atom stereocenters. The van der Waals surface area contributed by atoms with Gasteiger partial charge in [0.25, 0.3) is 0 Å². The number of carbonyl (C=O) groups is 2. The van der Waals surface area contributed by atoms with Crippen molar-refractivity contribution in [3.05, 3.63) is 29.8 Å². The van der Waals surface area contributed by atoms with Crippen LogP contribution >= 0.6 is 0 Å². The van der Waals surface area contributed by atoms with Crippen molar-refractivity contribution in [3.8, 4) is 0 Å². The van der Waals surface area contributed by atoms with Gasteiger partial charge in [-0.05, 0) is 31.9 Å². The number of amides is 2. The van der Waals surface area contributed by atoms with Gasteiger partial charge < -0.3 is 10.6 Å². The quantitative estimate of drug-likeness (QED) is 0.529. The minimum Gasteiger partial charge on any atom is -0.354 e. The summed E-state index contributed by atoms with van der Waals surface area (Å²) in [7, 11) is -4.58. The average molecular weight is 449 g/mol. The fourth-order valence-corrected chi connectivity index (χ4v) is 4.75. The Labute approximate surface area is 173 Å². The van der Waals surface area contributed by atoms with Crippen molar-refractivity contribution in [1.29, 1.82) is 0 Å². The highest BCUT2D eigenvalue weighted by Gasteiger charge is 2.37. The van der Waals surface area contributed by atoms with E-state index in [-0.39, 0.29) is 24.9 Å². The van der Waals surface area contributed by atoms with E-state index in [4.69, 9.17) is 0 Å². The lowest BCUT2D eigenvalue weighted by molar-refractivity contribution is -0.139. The highest BCUT2D eigenvalue weighted by molar-refractivity contribution is 7.89. The molecule has 0 aromatic heterocycles. The van der Waals surface area contributed by atoms with Crippen molar-refractivity contribution in [2.75, 3.05) is 13.1 Å². The second-order valence-corrected chi connectivity index (χ2v) is 8.94. The van der Waals surface area contributed by atoms with Crippen LogP contribution < -0.4 is 15.4 Å². The molecule has 1 aliphatic rings. The zero-order chi connectivity index (χ0) is 22.4. The summed E-state index contributed by atoms with van der Waals surface area (Å²) in [5.74, 6) is -0.801. The predicted octanol–water partition coefficient (Wildman–Crippen LogP) is 2.18. The van der Waals surface area contributed by atoms with Crippen molar-refractivity contribution >= 4 is 21.8 Å². The second kappa shape index (κ2) is 10.3. The van der Waals surface area contributed by atoms with Gasteiger partial charge >= 0.3 is 6.18 Å². The first-order chi connectivity index (χ1) is 14.0. The molecule has 7 nitrogen and oxygen atoms in total. The maximum absolute atomic E-state index is 13.1. The highest BCUT2D eigenvalue weighted by atomic mass is 32.2. The molecule has 0 bridgehead atoms. The number of hydrogen-bond donors (Lipinski definition) is 3. The molecule has 168 valence electrons. The zero-order valence-corrected chi connectivity index (χ0v) is 17.4. The zero-order valence-electron chi connectivity index (χ0n) is 16.6. The van der Waals surface area contributed by atoms with Crippen molar-refractivity contribution < 1.29 is 31.2 Å². The first-order valence-electron chi connectivity index (χ1n) is 9.76. The highest BCUT2D eigenvalue weighted by Crippen LogP contribution is 2.33. The SMILES string of the molecule is C[C@H](NS(=O)(=O)c1ccccc1C(F)(F)F)C(=O)NCCNC(=O)C1CCCCC1. The van der Waals surface area contributed by atoms with E-state index < -0.39 is 38.6 Å². The summed E-state index contributed by atoms with van der Waals surface area (Å²) in [6, 6.07) is 2.44. The van der Waals surface area contributed by atoms with E-state index in [1.54, 1.807) is 0 Å². The van der Waals surface area contributed by atoms with E-state index in [0.717, 1.165) is 44.2 Å². The van der Waals surface area contributed by atoms with Crippen LogP contribution in [0.15, 0.2) is 29.2 Å². The first-order valence-corrected chi connectivity index (χ1v) is 11.2. The molecular formula is C19H26F3N3O4S. The van der Waals surface area contributed by atoms with Crippen LogP contribution in [0.25, 0.3) is 0 Å². The van der Waals surface area contributed by atoms with Gasteiger partial charge in [-0.2, -0.15) is 17.9 Å². The monoisotopic (exact) mass is 449 g/mol. The number of sulfonamides is 1. The van der Waals surface area contributed by atoms with E-state index in [1.165, 1.54) is 13.0 Å². The third-order valence-electron chi connectivity index (χ3n) is 4.91. The van der Waals surface area contributed by atoms with Gasteiger partial charge in [-0.1, -0.05) is 31.4 Å². The minimum absolute atomic E-state index is 0.0196. The topological polar surface area (TPSA) is 104 Å². The Morgan fingerprint density at radius 2 is 1.67 bits per heavy atom. The van der Waals surface area contributed by atoms with E-state index in [2.05, 4.69) is 10.6 Å². The molecule has 2 rings (SSSR count). The van der Waals surface area contributed by atoms with Crippen LogP contribution in [0.4, 0.5) is 13.2 Å². The Kier molecular flexibility index (Phi) is 8.25. The number of nitrogens with one attached hydrogen (secondary N) is 3. The molecule has 11 heteroatoms. The molecule has 0 radical (unpaired) electrons. The molecular weight excluding hydrogens is 423 g/mol. The Morgan fingerprint density at radius 3 is 2.30 bits per heavy atom. The van der Waals surface area contributed by atoms with Crippen LogP contribution in [0.1, 0.15) is 44.6 Å². The van der Waals surface area contributed by atoms with Crippen molar-refractivity contribution in [1.82, 2.24) is 15.4 Å². The molecule has 1 aliphatic carbocycles. The molecule has 1 aromatic rings. The summed E-state index contributed by atoms with van der Waals surface area (Å²) in [4.78, 5) is 23.2. The fourth-order valence-electron chi connectivity index (χ4n) is 3.32. The molecule has 0 unspecified atom stereocenters. The molecule has 0 spiro atoms. The summed E-state index contributed by atoms with van der Waals surface area (Å²) in [6.07, 6.45) is -0.00479. The van der Waals surface area contributed by atoms with Gasteiger partial charge in [0, 0.05) is 19.0 Å². The van der Waals surface area contributed by atoms with Gasteiger partial charge in [0.2, 0.25) is 21.8 Å². The van der Waals surface area contributed by atoms with Gasteiger partial charge in [-0.25, -0.2) is 8.42 Å². The molecule has 1 fully saturated rings. The molecule has 1 saturated carbocycles. The number of rotatable bonds is 8. The number of carbonyl (C=O) groups excluding carboxylic acids is 2. The summed E-state index contributed by atoms with van der Waals surface area (Å²) < 4.78 is 65.9. The summed E-state index contributed by atoms with van der Waals surface area (Å²) in [5, 5.41) is 5.18. The standard InChI is InChI=1S/C19H26F3N3O4S/c1-13(17(26)23-11-12-24-18(27)14-7-3-2-4-8-14)25-30(28,29)16-10-6-5-9-15(16)19(20,21)22/h5-6,9-10,13-14,25H,2-4,7-8,11-12H2,1H3,(H,23,26)(H,24,27)/t13-/m0/s1. The van der Waals surface area contributed by atoms with E-state index in [0.29, 0.717) is 6.07 Å². The number of alkyl halides is 3. The van der Waals surface area contributed by atoms with E-state index in [9.17, 15) is 31.2 Å². The Hall–Kier alpha value is -2.14. The maximum atomic E-state index is 13.1. The molecule has 2 amide bonds. The molecule has 0 saturated heterocycles. The molecule has 3 N–H and O–H groups in total. The lowest BCUT2D eigenvalue weighted by atomic mass is 9.89. The van der Waals surface area contributed by atoms with Gasteiger partial charge in [0.1, 0.15) is 0 Å². The average Bonchev–Trinajstić information content (AvgIpc) is 2.70. The normalized spacial score (nSPS) is 16.7.